The van der Waals surface area contributed by atoms with Crippen molar-refractivity contribution < 1.29 is 8.42 Å². The summed E-state index contributed by atoms with van der Waals surface area (Å²) in [6, 6.07) is 4.02. The summed E-state index contributed by atoms with van der Waals surface area (Å²) in [4.78, 5) is 2.73. The van der Waals surface area contributed by atoms with E-state index >= 15 is 0 Å². The molecular formula is C15H23N3O2S. The van der Waals surface area contributed by atoms with Crippen LogP contribution < -0.4 is 5.73 Å². The summed E-state index contributed by atoms with van der Waals surface area (Å²) in [5.41, 5.74) is 8.35. The molecule has 3 rings (SSSR count). The zero-order chi connectivity index (χ0) is 15.2. The molecule has 1 saturated heterocycles. The van der Waals surface area contributed by atoms with Gasteiger partial charge in [-0.2, -0.15) is 4.31 Å². The SMILES string of the molecule is Cc1cc(S(=O)(=O)N2CCN(C3CC3)CC2)cc(N)c1C. The molecule has 1 aromatic carbocycles. The van der Waals surface area contributed by atoms with E-state index in [1.54, 1.807) is 16.4 Å². The number of piperazine rings is 1. The summed E-state index contributed by atoms with van der Waals surface area (Å²) in [5, 5.41) is 0. The van der Waals surface area contributed by atoms with Gasteiger partial charge in [-0.1, -0.05) is 0 Å². The predicted molar refractivity (Wildman–Crippen MR) is 83.7 cm³/mol. The van der Waals surface area contributed by atoms with Crippen LogP contribution in [0.1, 0.15) is 24.0 Å². The van der Waals surface area contributed by atoms with Gasteiger partial charge in [0, 0.05) is 37.9 Å². The van der Waals surface area contributed by atoms with E-state index in [2.05, 4.69) is 4.90 Å². The van der Waals surface area contributed by atoms with Crippen LogP contribution in [0, 0.1) is 13.8 Å². The van der Waals surface area contributed by atoms with Crippen molar-refractivity contribution >= 4 is 15.7 Å². The number of nitrogen functional groups attached to an aromatic ring is 1. The quantitative estimate of drug-likeness (QED) is 0.856. The van der Waals surface area contributed by atoms with Crippen LogP contribution in [0.4, 0.5) is 5.69 Å². The van der Waals surface area contributed by atoms with Gasteiger partial charge in [-0.25, -0.2) is 8.42 Å². The van der Waals surface area contributed by atoms with Gasteiger partial charge in [-0.15, -0.1) is 0 Å². The summed E-state index contributed by atoms with van der Waals surface area (Å²) in [5.74, 6) is 0. The molecular weight excluding hydrogens is 286 g/mol. The highest BCUT2D eigenvalue weighted by molar-refractivity contribution is 7.89. The highest BCUT2D eigenvalue weighted by atomic mass is 32.2. The molecule has 2 N–H and O–H groups in total. The fourth-order valence-electron chi connectivity index (χ4n) is 2.90. The molecule has 1 aliphatic heterocycles. The largest absolute Gasteiger partial charge is 0.398 e. The monoisotopic (exact) mass is 309 g/mol. The fourth-order valence-corrected chi connectivity index (χ4v) is 4.44. The molecule has 5 nitrogen and oxygen atoms in total. The van der Waals surface area contributed by atoms with E-state index in [-0.39, 0.29) is 0 Å². The molecule has 0 bridgehead atoms. The van der Waals surface area contributed by atoms with Crippen LogP contribution in [-0.2, 0) is 10.0 Å². The number of benzene rings is 1. The predicted octanol–water partition coefficient (Wildman–Crippen LogP) is 1.35. The average Bonchev–Trinajstić information content (AvgIpc) is 3.29. The number of anilines is 1. The molecule has 116 valence electrons. The Bertz CT molecular complexity index is 622. The van der Waals surface area contributed by atoms with Crippen LogP contribution >= 0.6 is 0 Å². The molecule has 0 radical (unpaired) electrons. The molecule has 0 unspecified atom stereocenters. The number of hydrogen-bond acceptors (Lipinski definition) is 4. The normalized spacial score (nSPS) is 21.6. The maximum absolute atomic E-state index is 12.7. The standard InChI is InChI=1S/C15H23N3O2S/c1-11-9-14(10-15(16)12(11)2)21(19,20)18-7-5-17(6-8-18)13-3-4-13/h9-10,13H,3-8,16H2,1-2H3. The Morgan fingerprint density at radius 1 is 1.10 bits per heavy atom. The van der Waals surface area contributed by atoms with E-state index in [4.69, 9.17) is 5.73 Å². The molecule has 21 heavy (non-hydrogen) atoms. The first-order valence-corrected chi connectivity index (χ1v) is 8.94. The van der Waals surface area contributed by atoms with Gasteiger partial charge in [-0.3, -0.25) is 4.90 Å². The lowest BCUT2D eigenvalue weighted by Gasteiger charge is -2.34. The molecule has 0 atom stereocenters. The third kappa shape index (κ3) is 2.80. The van der Waals surface area contributed by atoms with Gasteiger partial charge in [-0.05, 0) is 49.9 Å². The third-order valence-electron chi connectivity index (χ3n) is 4.66. The highest BCUT2D eigenvalue weighted by Gasteiger charge is 2.35. The van der Waals surface area contributed by atoms with Gasteiger partial charge in [0.25, 0.3) is 0 Å². The Kier molecular flexibility index (Phi) is 3.71. The number of aryl methyl sites for hydroxylation is 1. The van der Waals surface area contributed by atoms with Gasteiger partial charge < -0.3 is 5.73 Å². The van der Waals surface area contributed by atoms with Crippen molar-refractivity contribution in [1.29, 1.82) is 0 Å². The number of nitrogens with two attached hydrogens (primary N) is 1. The van der Waals surface area contributed by atoms with Crippen molar-refractivity contribution in [3.8, 4) is 0 Å². The van der Waals surface area contributed by atoms with Gasteiger partial charge in [0.2, 0.25) is 10.0 Å². The van der Waals surface area contributed by atoms with Gasteiger partial charge in [0.15, 0.2) is 0 Å². The van der Waals surface area contributed by atoms with E-state index in [0.717, 1.165) is 24.2 Å². The number of sulfonamides is 1. The number of nitrogens with zero attached hydrogens (tertiary/aromatic N) is 2. The molecule has 1 aromatic rings. The molecule has 0 spiro atoms. The van der Waals surface area contributed by atoms with Crippen molar-refractivity contribution in [2.24, 2.45) is 0 Å². The van der Waals surface area contributed by atoms with Crippen molar-refractivity contribution in [3.05, 3.63) is 23.3 Å². The van der Waals surface area contributed by atoms with Gasteiger partial charge >= 0.3 is 0 Å². The van der Waals surface area contributed by atoms with Crippen molar-refractivity contribution in [2.75, 3.05) is 31.9 Å². The van der Waals surface area contributed by atoms with Crippen molar-refractivity contribution in [1.82, 2.24) is 9.21 Å². The zero-order valence-corrected chi connectivity index (χ0v) is 13.5. The summed E-state index contributed by atoms with van der Waals surface area (Å²) in [6.07, 6.45) is 2.53. The lowest BCUT2D eigenvalue weighted by molar-refractivity contribution is 0.180. The lowest BCUT2D eigenvalue weighted by atomic mass is 10.1. The van der Waals surface area contributed by atoms with Crippen LogP contribution in [0.15, 0.2) is 17.0 Å². The second-order valence-electron chi connectivity index (χ2n) is 6.13. The molecule has 0 amide bonds. The van der Waals surface area contributed by atoms with Crippen molar-refractivity contribution in [3.63, 3.8) is 0 Å². The summed E-state index contributed by atoms with van der Waals surface area (Å²) >= 11 is 0. The average molecular weight is 309 g/mol. The Hall–Kier alpha value is -1.11. The van der Waals surface area contributed by atoms with Crippen LogP contribution in [0.5, 0.6) is 0 Å². The Labute approximate surface area is 126 Å². The minimum atomic E-state index is -3.43. The van der Waals surface area contributed by atoms with E-state index in [1.165, 1.54) is 12.8 Å². The van der Waals surface area contributed by atoms with Crippen LogP contribution in [0.3, 0.4) is 0 Å². The highest BCUT2D eigenvalue weighted by Crippen LogP contribution is 2.29. The second-order valence-corrected chi connectivity index (χ2v) is 8.06. The van der Waals surface area contributed by atoms with E-state index in [9.17, 15) is 8.42 Å². The van der Waals surface area contributed by atoms with Gasteiger partial charge in [0.1, 0.15) is 0 Å². The summed E-state index contributed by atoms with van der Waals surface area (Å²) in [7, 11) is -3.43. The second kappa shape index (κ2) is 5.26. The summed E-state index contributed by atoms with van der Waals surface area (Å²) < 4.78 is 27.1. The lowest BCUT2D eigenvalue weighted by Crippen LogP contribution is -2.49. The minimum absolute atomic E-state index is 0.322. The molecule has 1 heterocycles. The van der Waals surface area contributed by atoms with Crippen LogP contribution in [-0.4, -0.2) is 49.8 Å². The van der Waals surface area contributed by atoms with Crippen molar-refractivity contribution in [2.45, 2.75) is 37.6 Å². The molecule has 2 fully saturated rings. The molecule has 6 heteroatoms. The third-order valence-corrected chi connectivity index (χ3v) is 6.53. The van der Waals surface area contributed by atoms with Gasteiger partial charge in [0.05, 0.1) is 4.90 Å². The maximum atomic E-state index is 12.7. The van der Waals surface area contributed by atoms with E-state index in [0.29, 0.717) is 29.7 Å². The maximum Gasteiger partial charge on any atom is 0.243 e. The fraction of sp³-hybridized carbons (Fsp3) is 0.600. The van der Waals surface area contributed by atoms with E-state index < -0.39 is 10.0 Å². The molecule has 1 saturated carbocycles. The first-order chi connectivity index (χ1) is 9.89. The number of hydrogen-bond donors (Lipinski definition) is 1. The van der Waals surface area contributed by atoms with E-state index in [1.807, 2.05) is 13.8 Å². The first-order valence-electron chi connectivity index (χ1n) is 7.50. The zero-order valence-electron chi connectivity index (χ0n) is 12.7. The molecule has 0 aromatic heterocycles. The summed E-state index contributed by atoms with van der Waals surface area (Å²) in [6.45, 7) is 6.64. The Morgan fingerprint density at radius 3 is 2.24 bits per heavy atom. The van der Waals surface area contributed by atoms with Crippen LogP contribution in [0.2, 0.25) is 0 Å². The first kappa shape index (κ1) is 14.8. The Balaban J connectivity index is 1.80. The number of rotatable bonds is 3. The molecule has 2 aliphatic rings. The minimum Gasteiger partial charge on any atom is -0.398 e. The smallest absolute Gasteiger partial charge is 0.243 e. The Morgan fingerprint density at radius 2 is 1.71 bits per heavy atom. The topological polar surface area (TPSA) is 66.6 Å². The molecule has 1 aliphatic carbocycles. The van der Waals surface area contributed by atoms with Crippen LogP contribution in [0.25, 0.3) is 0 Å².